The summed E-state index contributed by atoms with van der Waals surface area (Å²) in [7, 11) is 0. The van der Waals surface area contributed by atoms with E-state index < -0.39 is 0 Å². The van der Waals surface area contributed by atoms with E-state index in [4.69, 9.17) is 4.98 Å². The summed E-state index contributed by atoms with van der Waals surface area (Å²) in [5, 5.41) is 1.88. The number of aromatic nitrogens is 2. The van der Waals surface area contributed by atoms with E-state index in [0.717, 1.165) is 44.4 Å². The standard InChI is InChI=1S/C27H23FN4O/c28-19-14-16-24-22(17-19)21(10-6-12-26(33)32-31-20-8-2-1-3-9-20)27(30-24)25-15-13-18-7-4-5-11-23(18)29-25/h1-5,7-9,11,13-17,30-31H,6,10,12H2,(H,32,33). The molecule has 0 aliphatic carbocycles. The number of nitrogens with zero attached hydrogens (tertiary/aromatic N) is 1. The van der Waals surface area contributed by atoms with Crippen LogP contribution in [0.3, 0.4) is 0 Å². The fourth-order valence-corrected chi connectivity index (χ4v) is 4.06. The number of aryl methyl sites for hydroxylation is 1. The molecule has 0 spiro atoms. The van der Waals surface area contributed by atoms with E-state index in [1.165, 1.54) is 6.07 Å². The molecular weight excluding hydrogens is 415 g/mol. The van der Waals surface area contributed by atoms with E-state index >= 15 is 0 Å². The number of amides is 1. The summed E-state index contributed by atoms with van der Waals surface area (Å²) >= 11 is 0. The first-order valence-electron chi connectivity index (χ1n) is 10.9. The van der Waals surface area contributed by atoms with Crippen molar-refractivity contribution in [3.05, 3.63) is 96.3 Å². The minimum atomic E-state index is -0.287. The third-order valence-corrected chi connectivity index (χ3v) is 5.67. The molecule has 0 radical (unpaired) electrons. The van der Waals surface area contributed by atoms with Gasteiger partial charge >= 0.3 is 0 Å². The summed E-state index contributed by atoms with van der Waals surface area (Å²) in [6, 6.07) is 26.2. The number of aromatic amines is 1. The van der Waals surface area contributed by atoms with E-state index in [0.29, 0.717) is 19.3 Å². The molecule has 0 saturated heterocycles. The fraction of sp³-hybridized carbons (Fsp3) is 0.111. The summed E-state index contributed by atoms with van der Waals surface area (Å²) in [5.74, 6) is -0.388. The van der Waals surface area contributed by atoms with Gasteiger partial charge in [-0.2, -0.15) is 0 Å². The van der Waals surface area contributed by atoms with Crippen molar-refractivity contribution in [3.63, 3.8) is 0 Å². The fourth-order valence-electron chi connectivity index (χ4n) is 4.06. The number of nitrogens with one attached hydrogen (secondary N) is 3. The van der Waals surface area contributed by atoms with Crippen LogP contribution in [0.5, 0.6) is 0 Å². The highest BCUT2D eigenvalue weighted by Crippen LogP contribution is 2.32. The molecular formula is C27H23FN4O. The molecule has 164 valence electrons. The van der Waals surface area contributed by atoms with Gasteiger partial charge in [-0.1, -0.05) is 42.5 Å². The molecule has 0 fully saturated rings. The zero-order chi connectivity index (χ0) is 22.6. The average Bonchev–Trinajstić information content (AvgIpc) is 3.20. The SMILES string of the molecule is O=C(CCCc1c(-c2ccc3ccccc3n2)[nH]c2ccc(F)cc12)NNc1ccccc1. The Hall–Kier alpha value is -4.19. The summed E-state index contributed by atoms with van der Waals surface area (Å²) in [6.07, 6.45) is 1.57. The summed E-state index contributed by atoms with van der Waals surface area (Å²) in [5.41, 5.74) is 10.8. The number of halogens is 1. The molecule has 5 rings (SSSR count). The van der Waals surface area contributed by atoms with Crippen molar-refractivity contribution in [1.29, 1.82) is 0 Å². The topological polar surface area (TPSA) is 69.8 Å². The van der Waals surface area contributed by atoms with Crippen LogP contribution in [-0.2, 0) is 11.2 Å². The molecule has 3 N–H and O–H groups in total. The van der Waals surface area contributed by atoms with Crippen molar-refractivity contribution < 1.29 is 9.18 Å². The molecule has 3 aromatic carbocycles. The van der Waals surface area contributed by atoms with E-state index in [-0.39, 0.29) is 11.7 Å². The van der Waals surface area contributed by atoms with Gasteiger partial charge in [0.15, 0.2) is 0 Å². The van der Waals surface area contributed by atoms with Crippen molar-refractivity contribution in [2.45, 2.75) is 19.3 Å². The van der Waals surface area contributed by atoms with Crippen molar-refractivity contribution in [1.82, 2.24) is 15.4 Å². The smallest absolute Gasteiger partial charge is 0.238 e. The largest absolute Gasteiger partial charge is 0.353 e. The van der Waals surface area contributed by atoms with Crippen LogP contribution < -0.4 is 10.9 Å². The molecule has 2 heterocycles. The van der Waals surface area contributed by atoms with Crippen LogP contribution in [-0.4, -0.2) is 15.9 Å². The van der Waals surface area contributed by atoms with Gasteiger partial charge in [0, 0.05) is 22.7 Å². The molecule has 0 bridgehead atoms. The Labute approximate surface area is 190 Å². The summed E-state index contributed by atoms with van der Waals surface area (Å²) in [4.78, 5) is 20.5. The van der Waals surface area contributed by atoms with E-state index in [2.05, 4.69) is 15.8 Å². The second-order valence-corrected chi connectivity index (χ2v) is 7.95. The molecule has 0 aliphatic heterocycles. The zero-order valence-corrected chi connectivity index (χ0v) is 17.9. The van der Waals surface area contributed by atoms with Crippen molar-refractivity contribution in [2.24, 2.45) is 0 Å². The van der Waals surface area contributed by atoms with Gasteiger partial charge in [0.25, 0.3) is 0 Å². The Morgan fingerprint density at radius 2 is 1.76 bits per heavy atom. The predicted molar refractivity (Wildman–Crippen MR) is 130 cm³/mol. The molecule has 5 aromatic rings. The van der Waals surface area contributed by atoms with Gasteiger partial charge in [-0.3, -0.25) is 15.6 Å². The number of hydrazine groups is 1. The summed E-state index contributed by atoms with van der Waals surface area (Å²) < 4.78 is 14.0. The van der Waals surface area contributed by atoms with Gasteiger partial charge in [-0.25, -0.2) is 9.37 Å². The van der Waals surface area contributed by atoms with Crippen LogP contribution in [0.25, 0.3) is 33.2 Å². The molecule has 5 nitrogen and oxygen atoms in total. The maximum atomic E-state index is 14.0. The Bertz CT molecular complexity index is 1430. The van der Waals surface area contributed by atoms with E-state index in [1.807, 2.05) is 66.7 Å². The number of carbonyl (C=O) groups is 1. The molecule has 1 amide bonds. The van der Waals surface area contributed by atoms with E-state index in [9.17, 15) is 9.18 Å². The van der Waals surface area contributed by atoms with Gasteiger partial charge in [0.2, 0.25) is 5.91 Å². The van der Waals surface area contributed by atoms with Crippen molar-refractivity contribution in [2.75, 3.05) is 5.43 Å². The number of pyridine rings is 1. The number of benzene rings is 3. The van der Waals surface area contributed by atoms with E-state index in [1.54, 1.807) is 12.1 Å². The van der Waals surface area contributed by atoms with Crippen molar-refractivity contribution in [3.8, 4) is 11.4 Å². The highest BCUT2D eigenvalue weighted by atomic mass is 19.1. The molecule has 33 heavy (non-hydrogen) atoms. The molecule has 6 heteroatoms. The lowest BCUT2D eigenvalue weighted by molar-refractivity contribution is -0.120. The number of hydrogen-bond acceptors (Lipinski definition) is 3. The second kappa shape index (κ2) is 9.12. The van der Waals surface area contributed by atoms with Crippen LogP contribution >= 0.6 is 0 Å². The van der Waals surface area contributed by atoms with Gasteiger partial charge < -0.3 is 4.98 Å². The number of carbonyl (C=O) groups excluding carboxylic acids is 1. The Kier molecular flexibility index (Phi) is 5.72. The maximum Gasteiger partial charge on any atom is 0.238 e. The Morgan fingerprint density at radius 1 is 0.939 bits per heavy atom. The number of H-pyrrole nitrogens is 1. The van der Waals surface area contributed by atoms with Gasteiger partial charge in [-0.05, 0) is 60.9 Å². The number of fused-ring (bicyclic) bond motifs is 2. The van der Waals surface area contributed by atoms with Crippen molar-refractivity contribution >= 4 is 33.4 Å². The Balaban J connectivity index is 1.37. The lowest BCUT2D eigenvalue weighted by atomic mass is 10.0. The monoisotopic (exact) mass is 438 g/mol. The van der Waals surface area contributed by atoms with Crippen LogP contribution in [0.15, 0.2) is 84.9 Å². The Morgan fingerprint density at radius 3 is 2.64 bits per heavy atom. The maximum absolute atomic E-state index is 14.0. The number of hydrogen-bond donors (Lipinski definition) is 3. The first kappa shape index (κ1) is 20.7. The minimum absolute atomic E-state index is 0.102. The van der Waals surface area contributed by atoms with Crippen LogP contribution in [0, 0.1) is 5.82 Å². The quantitative estimate of drug-likeness (QED) is 0.274. The molecule has 0 saturated carbocycles. The number of anilines is 1. The predicted octanol–water partition coefficient (Wildman–Crippen LogP) is 5.99. The van der Waals surface area contributed by atoms with Crippen LogP contribution in [0.1, 0.15) is 18.4 Å². The average molecular weight is 439 g/mol. The molecule has 0 atom stereocenters. The van der Waals surface area contributed by atoms with Crippen LogP contribution in [0.2, 0.25) is 0 Å². The third kappa shape index (κ3) is 4.55. The summed E-state index contributed by atoms with van der Waals surface area (Å²) in [6.45, 7) is 0. The van der Waals surface area contributed by atoms with Gasteiger partial charge in [0.05, 0.1) is 22.6 Å². The first-order valence-corrected chi connectivity index (χ1v) is 10.9. The normalized spacial score (nSPS) is 11.1. The van der Waals surface area contributed by atoms with Crippen LogP contribution in [0.4, 0.5) is 10.1 Å². The molecule has 0 aliphatic rings. The first-order chi connectivity index (χ1) is 16.2. The lowest BCUT2D eigenvalue weighted by Gasteiger charge is -2.09. The minimum Gasteiger partial charge on any atom is -0.353 e. The number of rotatable bonds is 7. The molecule has 2 aromatic heterocycles. The highest BCUT2D eigenvalue weighted by Gasteiger charge is 2.16. The van der Waals surface area contributed by atoms with Gasteiger partial charge in [-0.15, -0.1) is 0 Å². The number of para-hydroxylation sites is 2. The second-order valence-electron chi connectivity index (χ2n) is 7.95. The van der Waals surface area contributed by atoms with Gasteiger partial charge in [0.1, 0.15) is 5.82 Å². The lowest BCUT2D eigenvalue weighted by Crippen LogP contribution is -2.29. The highest BCUT2D eigenvalue weighted by molar-refractivity contribution is 5.91. The molecule has 0 unspecified atom stereocenters. The third-order valence-electron chi connectivity index (χ3n) is 5.67. The zero-order valence-electron chi connectivity index (χ0n) is 17.9.